The average Bonchev–Trinajstić information content (AvgIpc) is 3.22. The van der Waals surface area contributed by atoms with Crippen LogP contribution in [-0.2, 0) is 11.3 Å². The lowest BCUT2D eigenvalue weighted by Gasteiger charge is -2.28. The first kappa shape index (κ1) is 20.3. The van der Waals surface area contributed by atoms with Gasteiger partial charge in [0.15, 0.2) is 0 Å². The van der Waals surface area contributed by atoms with Crippen LogP contribution in [0, 0.1) is 5.82 Å². The standard InChI is InChI=1S/C23H30FN3O/c1-18(19-10-12-21(24)13-11-19)26(3)23(28)17-25(2)16-20-8-4-5-9-22(20)27-14-6-7-15-27/h4-5,8-13,18H,6-7,14-17H2,1-3H3. The quantitative estimate of drug-likeness (QED) is 0.721. The molecule has 0 N–H and O–H groups in total. The summed E-state index contributed by atoms with van der Waals surface area (Å²) in [5.41, 5.74) is 3.47. The van der Waals surface area contributed by atoms with Gasteiger partial charge in [-0.25, -0.2) is 4.39 Å². The van der Waals surface area contributed by atoms with E-state index < -0.39 is 0 Å². The van der Waals surface area contributed by atoms with E-state index in [0.717, 1.165) is 25.2 Å². The van der Waals surface area contributed by atoms with Crippen LogP contribution in [0.2, 0.25) is 0 Å². The summed E-state index contributed by atoms with van der Waals surface area (Å²) < 4.78 is 13.1. The van der Waals surface area contributed by atoms with Gasteiger partial charge >= 0.3 is 0 Å². The molecule has 0 bridgehead atoms. The van der Waals surface area contributed by atoms with E-state index in [1.54, 1.807) is 17.0 Å². The summed E-state index contributed by atoms with van der Waals surface area (Å²) in [4.78, 5) is 19.0. The molecule has 2 aromatic rings. The zero-order valence-electron chi connectivity index (χ0n) is 17.1. The van der Waals surface area contributed by atoms with Gasteiger partial charge in [-0.2, -0.15) is 0 Å². The predicted octanol–water partition coefficient (Wildman–Crippen LogP) is 4.08. The number of benzene rings is 2. The molecule has 0 aliphatic carbocycles. The number of hydrogen-bond donors (Lipinski definition) is 0. The molecule has 1 aliphatic rings. The van der Waals surface area contributed by atoms with Crippen molar-refractivity contribution in [2.24, 2.45) is 0 Å². The summed E-state index contributed by atoms with van der Waals surface area (Å²) in [5, 5.41) is 0. The summed E-state index contributed by atoms with van der Waals surface area (Å²) in [5.74, 6) is -0.209. The Morgan fingerprint density at radius 2 is 1.71 bits per heavy atom. The lowest BCUT2D eigenvalue weighted by molar-refractivity contribution is -0.132. The maximum absolute atomic E-state index is 13.1. The number of rotatable bonds is 7. The minimum atomic E-state index is -0.263. The number of hydrogen-bond acceptors (Lipinski definition) is 3. The van der Waals surface area contributed by atoms with E-state index in [4.69, 9.17) is 0 Å². The molecule has 1 unspecified atom stereocenters. The summed E-state index contributed by atoms with van der Waals surface area (Å²) >= 11 is 0. The van der Waals surface area contributed by atoms with Gasteiger partial charge in [-0.3, -0.25) is 9.69 Å². The third-order valence-electron chi connectivity index (χ3n) is 5.61. The summed E-state index contributed by atoms with van der Waals surface area (Å²) in [6, 6.07) is 14.7. The highest BCUT2D eigenvalue weighted by atomic mass is 19.1. The van der Waals surface area contributed by atoms with Crippen LogP contribution in [0.5, 0.6) is 0 Å². The van der Waals surface area contributed by atoms with E-state index in [2.05, 4.69) is 34.1 Å². The fourth-order valence-corrected chi connectivity index (χ4v) is 3.78. The van der Waals surface area contributed by atoms with Gasteiger partial charge in [0.25, 0.3) is 0 Å². The van der Waals surface area contributed by atoms with Crippen LogP contribution in [0.25, 0.3) is 0 Å². The maximum Gasteiger partial charge on any atom is 0.236 e. The Kier molecular flexibility index (Phi) is 6.68. The van der Waals surface area contributed by atoms with E-state index in [1.807, 2.05) is 21.0 Å². The fraction of sp³-hybridized carbons (Fsp3) is 0.435. The third-order valence-corrected chi connectivity index (χ3v) is 5.61. The Morgan fingerprint density at radius 1 is 1.07 bits per heavy atom. The maximum atomic E-state index is 13.1. The van der Waals surface area contributed by atoms with Gasteiger partial charge < -0.3 is 9.80 Å². The van der Waals surface area contributed by atoms with Crippen molar-refractivity contribution in [1.82, 2.24) is 9.80 Å². The number of carbonyl (C=O) groups is 1. The number of anilines is 1. The highest BCUT2D eigenvalue weighted by Crippen LogP contribution is 2.25. The van der Waals surface area contributed by atoms with E-state index >= 15 is 0 Å². The van der Waals surface area contributed by atoms with E-state index in [-0.39, 0.29) is 17.8 Å². The summed E-state index contributed by atoms with van der Waals surface area (Å²) in [7, 11) is 3.79. The van der Waals surface area contributed by atoms with Crippen molar-refractivity contribution in [3.8, 4) is 0 Å². The molecule has 0 saturated carbocycles. The molecule has 1 heterocycles. The van der Waals surface area contributed by atoms with Gasteiger partial charge in [0, 0.05) is 32.4 Å². The van der Waals surface area contributed by atoms with Crippen LogP contribution < -0.4 is 4.90 Å². The van der Waals surface area contributed by atoms with E-state index in [9.17, 15) is 9.18 Å². The average molecular weight is 384 g/mol. The molecule has 0 radical (unpaired) electrons. The molecule has 0 aromatic heterocycles. The molecule has 5 heteroatoms. The molecule has 1 fully saturated rings. The fourth-order valence-electron chi connectivity index (χ4n) is 3.78. The van der Waals surface area contributed by atoms with Gasteiger partial charge in [0.1, 0.15) is 5.82 Å². The van der Waals surface area contributed by atoms with Crippen molar-refractivity contribution in [3.63, 3.8) is 0 Å². The molecular weight excluding hydrogens is 353 g/mol. The first-order valence-electron chi connectivity index (χ1n) is 9.98. The Labute approximate surface area is 167 Å². The minimum absolute atomic E-state index is 0.0537. The second-order valence-electron chi connectivity index (χ2n) is 7.73. The van der Waals surface area contributed by atoms with Crippen LogP contribution in [0.3, 0.4) is 0 Å². The largest absolute Gasteiger partial charge is 0.371 e. The third kappa shape index (κ3) is 4.90. The van der Waals surface area contributed by atoms with Crippen molar-refractivity contribution in [1.29, 1.82) is 0 Å². The molecule has 2 aromatic carbocycles. The lowest BCUT2D eigenvalue weighted by Crippen LogP contribution is -2.38. The minimum Gasteiger partial charge on any atom is -0.371 e. The van der Waals surface area contributed by atoms with E-state index in [0.29, 0.717) is 6.54 Å². The van der Waals surface area contributed by atoms with Gasteiger partial charge in [0.05, 0.1) is 12.6 Å². The van der Waals surface area contributed by atoms with Crippen molar-refractivity contribution in [3.05, 3.63) is 65.5 Å². The summed E-state index contributed by atoms with van der Waals surface area (Å²) in [6.07, 6.45) is 2.49. The molecule has 3 rings (SSSR count). The highest BCUT2D eigenvalue weighted by Gasteiger charge is 2.20. The van der Waals surface area contributed by atoms with Crippen LogP contribution in [0.1, 0.15) is 36.9 Å². The predicted molar refractivity (Wildman–Crippen MR) is 112 cm³/mol. The van der Waals surface area contributed by atoms with Crippen molar-refractivity contribution in [2.45, 2.75) is 32.4 Å². The summed E-state index contributed by atoms with van der Waals surface area (Å²) in [6.45, 7) is 5.26. The van der Waals surface area contributed by atoms with Gasteiger partial charge in [0.2, 0.25) is 5.91 Å². The Morgan fingerprint density at radius 3 is 2.39 bits per heavy atom. The Balaban J connectivity index is 1.60. The monoisotopic (exact) mass is 383 g/mol. The number of para-hydroxylation sites is 1. The highest BCUT2D eigenvalue weighted by molar-refractivity contribution is 5.78. The van der Waals surface area contributed by atoms with Gasteiger partial charge in [-0.05, 0) is 56.1 Å². The van der Waals surface area contributed by atoms with Gasteiger partial charge in [-0.15, -0.1) is 0 Å². The molecule has 1 atom stereocenters. The molecule has 28 heavy (non-hydrogen) atoms. The van der Waals surface area contributed by atoms with Crippen LogP contribution in [0.15, 0.2) is 48.5 Å². The molecule has 150 valence electrons. The first-order valence-corrected chi connectivity index (χ1v) is 9.98. The zero-order valence-corrected chi connectivity index (χ0v) is 17.1. The Bertz CT molecular complexity index is 787. The SMILES string of the molecule is CC(c1ccc(F)cc1)N(C)C(=O)CN(C)Cc1ccccc1N1CCCC1. The van der Waals surface area contributed by atoms with Crippen LogP contribution in [0.4, 0.5) is 10.1 Å². The van der Waals surface area contributed by atoms with Crippen molar-refractivity contribution in [2.75, 3.05) is 38.6 Å². The van der Waals surface area contributed by atoms with Gasteiger partial charge in [-0.1, -0.05) is 30.3 Å². The van der Waals surface area contributed by atoms with Crippen molar-refractivity contribution >= 4 is 11.6 Å². The topological polar surface area (TPSA) is 26.8 Å². The number of nitrogens with zero attached hydrogens (tertiary/aromatic N) is 3. The Hall–Kier alpha value is -2.40. The van der Waals surface area contributed by atoms with Crippen LogP contribution >= 0.6 is 0 Å². The molecule has 1 saturated heterocycles. The zero-order chi connectivity index (χ0) is 20.1. The van der Waals surface area contributed by atoms with Crippen molar-refractivity contribution < 1.29 is 9.18 Å². The number of amides is 1. The smallest absolute Gasteiger partial charge is 0.236 e. The molecule has 0 spiro atoms. The molecular formula is C23H30FN3O. The number of likely N-dealkylation sites (N-methyl/N-ethyl adjacent to an activating group) is 2. The van der Waals surface area contributed by atoms with E-state index in [1.165, 1.54) is 36.2 Å². The second kappa shape index (κ2) is 9.20. The first-order chi connectivity index (χ1) is 13.5. The molecule has 4 nitrogen and oxygen atoms in total. The number of halogens is 1. The normalized spacial score (nSPS) is 15.1. The molecule has 1 aliphatic heterocycles. The lowest BCUT2D eigenvalue weighted by atomic mass is 10.1. The second-order valence-corrected chi connectivity index (χ2v) is 7.73. The van der Waals surface area contributed by atoms with Crippen LogP contribution in [-0.4, -0.2) is 49.4 Å². The number of carbonyl (C=O) groups excluding carboxylic acids is 1. The molecule has 1 amide bonds.